The first-order chi connectivity index (χ1) is 9.24. The number of anilines is 3. The smallest absolute Gasteiger partial charge is 0.123 e. The van der Waals surface area contributed by atoms with Gasteiger partial charge in [0.25, 0.3) is 0 Å². The number of nitrogens with zero attached hydrogens (tertiary/aromatic N) is 3. The highest BCUT2D eigenvalue weighted by Gasteiger charge is 2.19. The van der Waals surface area contributed by atoms with Crippen molar-refractivity contribution >= 4 is 17.2 Å². The Morgan fingerprint density at radius 1 is 1.05 bits per heavy atom. The molecule has 0 bridgehead atoms. The number of hydrogen-bond donors (Lipinski definition) is 1. The number of aromatic nitrogens is 1. The molecule has 0 amide bonds. The maximum atomic E-state index is 5.74. The number of pyridine rings is 1. The zero-order chi connectivity index (χ0) is 13.2. The summed E-state index contributed by atoms with van der Waals surface area (Å²) < 4.78 is 0. The Kier molecular flexibility index (Phi) is 2.99. The Hall–Kier alpha value is -2.23. The van der Waals surface area contributed by atoms with Gasteiger partial charge in [-0.3, -0.25) is 0 Å². The first-order valence-corrected chi connectivity index (χ1v) is 6.50. The van der Waals surface area contributed by atoms with Gasteiger partial charge in [-0.2, -0.15) is 0 Å². The van der Waals surface area contributed by atoms with E-state index < -0.39 is 0 Å². The highest BCUT2D eigenvalue weighted by atomic mass is 15.3. The van der Waals surface area contributed by atoms with Gasteiger partial charge < -0.3 is 15.5 Å². The fraction of sp³-hybridized carbons (Fsp3) is 0.267. The van der Waals surface area contributed by atoms with Crippen molar-refractivity contribution in [1.82, 2.24) is 4.98 Å². The van der Waals surface area contributed by atoms with E-state index >= 15 is 0 Å². The van der Waals surface area contributed by atoms with Gasteiger partial charge in [0.1, 0.15) is 5.82 Å². The van der Waals surface area contributed by atoms with Crippen molar-refractivity contribution in [2.24, 2.45) is 0 Å². The third-order valence-corrected chi connectivity index (χ3v) is 3.52. The lowest BCUT2D eigenvalue weighted by atomic mass is 10.1. The lowest BCUT2D eigenvalue weighted by Gasteiger charge is -2.36. The van der Waals surface area contributed by atoms with Crippen LogP contribution in [-0.2, 0) is 6.54 Å². The molecule has 1 aromatic heterocycles. The monoisotopic (exact) mass is 254 g/mol. The van der Waals surface area contributed by atoms with E-state index in [1.807, 2.05) is 18.2 Å². The Morgan fingerprint density at radius 2 is 1.84 bits per heavy atom. The average Bonchev–Trinajstić information content (AvgIpc) is 2.42. The molecule has 0 unspecified atom stereocenters. The molecular formula is C15H18N4. The molecule has 4 heteroatoms. The number of likely N-dealkylation sites (N-methyl/N-ethyl adjacent to an activating group) is 1. The minimum Gasteiger partial charge on any atom is -0.384 e. The number of para-hydroxylation sites is 2. The van der Waals surface area contributed by atoms with E-state index in [-0.39, 0.29) is 0 Å². The second-order valence-electron chi connectivity index (χ2n) is 4.89. The van der Waals surface area contributed by atoms with E-state index in [1.54, 1.807) is 0 Å². The zero-order valence-corrected chi connectivity index (χ0v) is 11.1. The van der Waals surface area contributed by atoms with E-state index in [1.165, 1.54) is 11.4 Å². The van der Waals surface area contributed by atoms with Gasteiger partial charge in [0.05, 0.1) is 23.6 Å². The molecule has 0 fully saturated rings. The molecule has 0 saturated carbocycles. The highest BCUT2D eigenvalue weighted by molar-refractivity contribution is 5.73. The fourth-order valence-electron chi connectivity index (χ4n) is 2.51. The van der Waals surface area contributed by atoms with Crippen LogP contribution in [0.5, 0.6) is 0 Å². The second kappa shape index (κ2) is 4.80. The summed E-state index contributed by atoms with van der Waals surface area (Å²) in [6.07, 6.45) is 0. The molecule has 0 spiro atoms. The summed E-state index contributed by atoms with van der Waals surface area (Å²) in [6, 6.07) is 14.3. The van der Waals surface area contributed by atoms with Crippen LogP contribution < -0.4 is 15.5 Å². The number of fused-ring (bicyclic) bond motifs is 1. The number of nitrogens with two attached hydrogens (primary N) is 1. The first kappa shape index (κ1) is 11.8. The van der Waals surface area contributed by atoms with Gasteiger partial charge in [0, 0.05) is 20.1 Å². The lowest BCUT2D eigenvalue weighted by molar-refractivity contribution is 0.725. The van der Waals surface area contributed by atoms with Crippen molar-refractivity contribution in [3.8, 4) is 0 Å². The minimum absolute atomic E-state index is 0.583. The molecule has 4 nitrogen and oxygen atoms in total. The van der Waals surface area contributed by atoms with E-state index in [9.17, 15) is 0 Å². The first-order valence-electron chi connectivity index (χ1n) is 6.50. The van der Waals surface area contributed by atoms with Crippen LogP contribution in [0.1, 0.15) is 5.69 Å². The normalized spacial score (nSPS) is 14.4. The highest BCUT2D eigenvalue weighted by Crippen LogP contribution is 2.32. The molecule has 2 aromatic rings. The summed E-state index contributed by atoms with van der Waals surface area (Å²) in [7, 11) is 2.13. The second-order valence-corrected chi connectivity index (χ2v) is 4.89. The number of benzene rings is 1. The van der Waals surface area contributed by atoms with Crippen LogP contribution in [-0.4, -0.2) is 25.1 Å². The summed E-state index contributed by atoms with van der Waals surface area (Å²) in [5, 5.41) is 0. The SMILES string of the molecule is CN1CCN(Cc2cccc(N)n2)c2ccccc21. The molecule has 2 heterocycles. The molecule has 0 saturated heterocycles. The Bertz CT molecular complexity index is 582. The summed E-state index contributed by atoms with van der Waals surface area (Å²) >= 11 is 0. The number of rotatable bonds is 2. The third-order valence-electron chi connectivity index (χ3n) is 3.52. The van der Waals surface area contributed by atoms with Crippen LogP contribution in [0.4, 0.5) is 17.2 Å². The van der Waals surface area contributed by atoms with Crippen molar-refractivity contribution in [3.05, 3.63) is 48.2 Å². The zero-order valence-electron chi connectivity index (χ0n) is 11.1. The van der Waals surface area contributed by atoms with Crippen LogP contribution in [0.2, 0.25) is 0 Å². The predicted octanol–water partition coefficient (Wildman–Crippen LogP) is 2.12. The quantitative estimate of drug-likeness (QED) is 0.891. The summed E-state index contributed by atoms with van der Waals surface area (Å²) in [6.45, 7) is 2.83. The van der Waals surface area contributed by atoms with Crippen LogP contribution in [0.25, 0.3) is 0 Å². The molecule has 1 aromatic carbocycles. The van der Waals surface area contributed by atoms with Crippen molar-refractivity contribution < 1.29 is 0 Å². The van der Waals surface area contributed by atoms with E-state index in [0.717, 1.165) is 25.3 Å². The topological polar surface area (TPSA) is 45.4 Å². The largest absolute Gasteiger partial charge is 0.384 e. The van der Waals surface area contributed by atoms with Gasteiger partial charge in [-0.1, -0.05) is 18.2 Å². The van der Waals surface area contributed by atoms with E-state index in [2.05, 4.69) is 46.1 Å². The van der Waals surface area contributed by atoms with Crippen LogP contribution in [0, 0.1) is 0 Å². The lowest BCUT2D eigenvalue weighted by Crippen LogP contribution is -2.38. The Balaban J connectivity index is 1.89. The van der Waals surface area contributed by atoms with Gasteiger partial charge in [-0.15, -0.1) is 0 Å². The summed E-state index contributed by atoms with van der Waals surface area (Å²) in [5.74, 6) is 0.583. The standard InChI is InChI=1S/C15H18N4/c1-18-9-10-19(14-7-3-2-6-13(14)18)11-12-5-4-8-15(16)17-12/h2-8H,9-11H2,1H3,(H2,16,17). The Labute approximate surface area is 113 Å². The predicted molar refractivity (Wildman–Crippen MR) is 79.4 cm³/mol. The summed E-state index contributed by atoms with van der Waals surface area (Å²) in [4.78, 5) is 9.03. The molecule has 98 valence electrons. The molecule has 19 heavy (non-hydrogen) atoms. The maximum Gasteiger partial charge on any atom is 0.123 e. The van der Waals surface area contributed by atoms with Gasteiger partial charge in [0.2, 0.25) is 0 Å². The molecule has 0 aliphatic carbocycles. The van der Waals surface area contributed by atoms with Gasteiger partial charge in [-0.25, -0.2) is 4.98 Å². The van der Waals surface area contributed by atoms with Gasteiger partial charge in [0.15, 0.2) is 0 Å². The van der Waals surface area contributed by atoms with Crippen LogP contribution >= 0.6 is 0 Å². The van der Waals surface area contributed by atoms with Gasteiger partial charge in [-0.05, 0) is 24.3 Å². The summed E-state index contributed by atoms with van der Waals surface area (Å²) in [5.41, 5.74) is 9.30. The van der Waals surface area contributed by atoms with Crippen molar-refractivity contribution in [1.29, 1.82) is 0 Å². The number of hydrogen-bond acceptors (Lipinski definition) is 4. The molecule has 1 aliphatic heterocycles. The average molecular weight is 254 g/mol. The number of nitrogen functional groups attached to an aromatic ring is 1. The fourth-order valence-corrected chi connectivity index (χ4v) is 2.51. The van der Waals surface area contributed by atoms with E-state index in [0.29, 0.717) is 5.82 Å². The Morgan fingerprint density at radius 3 is 2.63 bits per heavy atom. The molecule has 3 rings (SSSR count). The van der Waals surface area contributed by atoms with Crippen LogP contribution in [0.15, 0.2) is 42.5 Å². The molecule has 0 radical (unpaired) electrons. The van der Waals surface area contributed by atoms with Crippen LogP contribution in [0.3, 0.4) is 0 Å². The van der Waals surface area contributed by atoms with Gasteiger partial charge >= 0.3 is 0 Å². The van der Waals surface area contributed by atoms with Crippen molar-refractivity contribution in [2.45, 2.75) is 6.54 Å². The molecule has 0 atom stereocenters. The van der Waals surface area contributed by atoms with Crippen molar-refractivity contribution in [3.63, 3.8) is 0 Å². The molecular weight excluding hydrogens is 236 g/mol. The molecule has 2 N–H and O–H groups in total. The minimum atomic E-state index is 0.583. The third kappa shape index (κ3) is 2.34. The van der Waals surface area contributed by atoms with E-state index in [4.69, 9.17) is 5.73 Å². The maximum absolute atomic E-state index is 5.74. The van der Waals surface area contributed by atoms with Crippen molar-refractivity contribution in [2.75, 3.05) is 35.7 Å². The molecule has 1 aliphatic rings.